The van der Waals surface area contributed by atoms with Gasteiger partial charge in [-0.05, 0) is 19.1 Å². The number of hydrogen-bond acceptors (Lipinski definition) is 5. The molecule has 5 nitrogen and oxygen atoms in total. The van der Waals surface area contributed by atoms with E-state index in [1.165, 1.54) is 24.0 Å². The number of aliphatic carboxylic acids is 1. The molecular weight excluding hydrogens is 228 g/mol. The Labute approximate surface area is 96.2 Å². The van der Waals surface area contributed by atoms with Crippen LogP contribution in [-0.2, 0) is 4.79 Å². The Kier molecular flexibility index (Phi) is 2.59. The smallest absolute Gasteiger partial charge is 0.332 e. The molecule has 0 unspecified atom stereocenters. The van der Waals surface area contributed by atoms with Gasteiger partial charge in [0.2, 0.25) is 0 Å². The number of carboxylic acid groups (broad SMARTS) is 1. The highest BCUT2D eigenvalue weighted by Gasteiger charge is 2.39. The van der Waals surface area contributed by atoms with E-state index in [-0.39, 0.29) is 5.75 Å². The van der Waals surface area contributed by atoms with Crippen molar-refractivity contribution in [2.24, 2.45) is 4.99 Å². The van der Waals surface area contributed by atoms with Crippen LogP contribution in [-0.4, -0.2) is 37.5 Å². The van der Waals surface area contributed by atoms with Crippen molar-refractivity contribution in [2.75, 3.05) is 5.75 Å². The summed E-state index contributed by atoms with van der Waals surface area (Å²) in [6.45, 7) is 1.55. The molecule has 0 aromatic carbocycles. The number of aromatic hydroxyl groups is 1. The van der Waals surface area contributed by atoms with E-state index in [1.807, 2.05) is 0 Å². The van der Waals surface area contributed by atoms with Crippen LogP contribution in [0.3, 0.4) is 0 Å². The zero-order valence-corrected chi connectivity index (χ0v) is 9.36. The van der Waals surface area contributed by atoms with E-state index in [0.717, 1.165) is 0 Å². The minimum absolute atomic E-state index is 0.0170. The van der Waals surface area contributed by atoms with Crippen LogP contribution in [0.2, 0.25) is 0 Å². The van der Waals surface area contributed by atoms with Crippen molar-refractivity contribution in [3.05, 3.63) is 24.0 Å². The van der Waals surface area contributed by atoms with E-state index in [9.17, 15) is 9.90 Å². The molecule has 2 rings (SSSR count). The molecule has 0 radical (unpaired) electrons. The molecular formula is C10H10N2O3S. The van der Waals surface area contributed by atoms with Crippen molar-refractivity contribution in [1.82, 2.24) is 4.98 Å². The third-order valence-corrected chi connectivity index (χ3v) is 3.55. The number of rotatable bonds is 2. The molecule has 1 aliphatic rings. The van der Waals surface area contributed by atoms with Crippen LogP contribution in [0, 0.1) is 0 Å². The lowest BCUT2D eigenvalue weighted by atomic mass is 10.1. The molecule has 6 heteroatoms. The second-order valence-corrected chi connectivity index (χ2v) is 4.62. The van der Waals surface area contributed by atoms with E-state index < -0.39 is 11.5 Å². The number of carboxylic acids is 1. The molecule has 84 valence electrons. The Hall–Kier alpha value is -1.56. The first-order valence-corrected chi connectivity index (χ1v) is 5.62. The summed E-state index contributed by atoms with van der Waals surface area (Å²) in [6, 6.07) is 3.11. The van der Waals surface area contributed by atoms with Gasteiger partial charge in [-0.1, -0.05) is 0 Å². The number of carbonyl (C=O) groups is 1. The third kappa shape index (κ3) is 1.76. The largest absolute Gasteiger partial charge is 0.506 e. The fourth-order valence-corrected chi connectivity index (χ4v) is 2.46. The van der Waals surface area contributed by atoms with Gasteiger partial charge >= 0.3 is 5.97 Å². The molecule has 16 heavy (non-hydrogen) atoms. The molecule has 1 aromatic heterocycles. The normalized spacial score (nSPS) is 24.2. The summed E-state index contributed by atoms with van der Waals surface area (Å²) >= 11 is 1.29. The maximum absolute atomic E-state index is 11.0. The molecule has 0 fully saturated rings. The molecule has 0 aliphatic carbocycles. The quantitative estimate of drug-likeness (QED) is 0.806. The second kappa shape index (κ2) is 3.79. The van der Waals surface area contributed by atoms with Crippen molar-refractivity contribution in [1.29, 1.82) is 0 Å². The molecule has 0 amide bonds. The monoisotopic (exact) mass is 238 g/mol. The van der Waals surface area contributed by atoms with Crippen molar-refractivity contribution in [3.63, 3.8) is 0 Å². The first-order chi connectivity index (χ1) is 7.53. The lowest BCUT2D eigenvalue weighted by Crippen LogP contribution is -2.33. The number of hydrogen-bond donors (Lipinski definition) is 2. The summed E-state index contributed by atoms with van der Waals surface area (Å²) in [5.74, 6) is -0.595. The number of aromatic nitrogens is 1. The molecule has 2 N–H and O–H groups in total. The number of nitrogens with zero attached hydrogens (tertiary/aromatic N) is 2. The SMILES string of the molecule is C[C@@]1(C(=O)O)CSC(c2ncccc2O)=N1. The van der Waals surface area contributed by atoms with Crippen LogP contribution in [0.4, 0.5) is 0 Å². The van der Waals surface area contributed by atoms with Crippen molar-refractivity contribution in [3.8, 4) is 5.75 Å². The van der Waals surface area contributed by atoms with E-state index in [0.29, 0.717) is 16.5 Å². The number of thioether (sulfide) groups is 1. The third-order valence-electron chi connectivity index (χ3n) is 2.29. The standard InChI is InChI=1S/C10H10N2O3S/c1-10(9(14)15)5-16-8(12-10)7-6(13)3-2-4-11-7/h2-4,13H,5H2,1H3,(H,14,15)/t10-/m0/s1. The number of aliphatic imine (C=N–C) groups is 1. The first-order valence-electron chi connectivity index (χ1n) is 4.63. The summed E-state index contributed by atoms with van der Waals surface area (Å²) in [7, 11) is 0. The maximum Gasteiger partial charge on any atom is 0.332 e. The topological polar surface area (TPSA) is 82.8 Å². The Morgan fingerprint density at radius 3 is 2.94 bits per heavy atom. The van der Waals surface area contributed by atoms with Gasteiger partial charge in [0.15, 0.2) is 5.54 Å². The highest BCUT2D eigenvalue weighted by atomic mass is 32.2. The van der Waals surface area contributed by atoms with Gasteiger partial charge in [0.1, 0.15) is 16.5 Å². The summed E-state index contributed by atoms with van der Waals surface area (Å²) in [5, 5.41) is 19.1. The van der Waals surface area contributed by atoms with Crippen LogP contribution in [0.15, 0.2) is 23.3 Å². The molecule has 1 atom stereocenters. The molecule has 1 aliphatic heterocycles. The maximum atomic E-state index is 11.0. The summed E-state index contributed by atoms with van der Waals surface area (Å²) in [5.41, 5.74) is -0.776. The molecule has 0 bridgehead atoms. The van der Waals surface area contributed by atoms with Crippen LogP contribution < -0.4 is 0 Å². The first kappa shape index (κ1) is 10.9. The summed E-state index contributed by atoms with van der Waals surface area (Å²) in [4.78, 5) is 19.1. The predicted octanol–water partition coefficient (Wildman–Crippen LogP) is 1.12. The van der Waals surface area contributed by atoms with E-state index in [4.69, 9.17) is 5.11 Å². The minimum atomic E-state index is -1.12. The van der Waals surface area contributed by atoms with E-state index >= 15 is 0 Å². The highest BCUT2D eigenvalue weighted by Crippen LogP contribution is 2.32. The van der Waals surface area contributed by atoms with Crippen LogP contribution in [0.5, 0.6) is 5.75 Å². The van der Waals surface area contributed by atoms with Crippen LogP contribution in [0.1, 0.15) is 12.6 Å². The molecule has 2 heterocycles. The van der Waals surface area contributed by atoms with Gasteiger partial charge in [-0.3, -0.25) is 9.98 Å². The molecule has 0 spiro atoms. The van der Waals surface area contributed by atoms with Crippen LogP contribution in [0.25, 0.3) is 0 Å². The highest BCUT2D eigenvalue weighted by molar-refractivity contribution is 8.14. The van der Waals surface area contributed by atoms with Crippen molar-refractivity contribution >= 4 is 22.8 Å². The fourth-order valence-electron chi connectivity index (χ4n) is 1.29. The van der Waals surface area contributed by atoms with Crippen molar-refractivity contribution < 1.29 is 15.0 Å². The average molecular weight is 238 g/mol. The molecule has 0 saturated heterocycles. The van der Waals surface area contributed by atoms with Gasteiger partial charge in [-0.15, -0.1) is 11.8 Å². The summed E-state index contributed by atoms with van der Waals surface area (Å²) < 4.78 is 0. The summed E-state index contributed by atoms with van der Waals surface area (Å²) in [6.07, 6.45) is 1.54. The Bertz CT molecular complexity index is 475. The van der Waals surface area contributed by atoms with E-state index in [2.05, 4.69) is 9.98 Å². The van der Waals surface area contributed by atoms with E-state index in [1.54, 1.807) is 13.0 Å². The second-order valence-electron chi connectivity index (χ2n) is 3.66. The minimum Gasteiger partial charge on any atom is -0.506 e. The predicted molar refractivity (Wildman–Crippen MR) is 60.9 cm³/mol. The van der Waals surface area contributed by atoms with Gasteiger partial charge in [0.25, 0.3) is 0 Å². The van der Waals surface area contributed by atoms with Crippen LogP contribution >= 0.6 is 11.8 Å². The van der Waals surface area contributed by atoms with Gasteiger partial charge in [0.05, 0.1) is 0 Å². The average Bonchev–Trinajstić information content (AvgIpc) is 2.63. The Morgan fingerprint density at radius 1 is 1.62 bits per heavy atom. The molecule has 0 saturated carbocycles. The Morgan fingerprint density at radius 2 is 2.38 bits per heavy atom. The fraction of sp³-hybridized carbons (Fsp3) is 0.300. The van der Waals surface area contributed by atoms with Gasteiger partial charge in [0, 0.05) is 11.9 Å². The number of pyridine rings is 1. The Balaban J connectivity index is 2.39. The van der Waals surface area contributed by atoms with Gasteiger partial charge in [-0.25, -0.2) is 4.79 Å². The van der Waals surface area contributed by atoms with Crippen molar-refractivity contribution in [2.45, 2.75) is 12.5 Å². The van der Waals surface area contributed by atoms with Gasteiger partial charge < -0.3 is 10.2 Å². The lowest BCUT2D eigenvalue weighted by molar-refractivity contribution is -0.141. The zero-order valence-electron chi connectivity index (χ0n) is 8.54. The van der Waals surface area contributed by atoms with Gasteiger partial charge in [-0.2, -0.15) is 0 Å². The lowest BCUT2D eigenvalue weighted by Gasteiger charge is -2.11. The molecule has 1 aromatic rings. The zero-order chi connectivity index (χ0) is 11.8.